The molecule has 0 atom stereocenters. The topological polar surface area (TPSA) is 58.2 Å². The summed E-state index contributed by atoms with van der Waals surface area (Å²) >= 11 is 0. The third kappa shape index (κ3) is 4.15. The van der Waals surface area contributed by atoms with Crippen LogP contribution in [0.25, 0.3) is 0 Å². The average molecular weight is 300 g/mol. The van der Waals surface area contributed by atoms with E-state index in [1.54, 1.807) is 0 Å². The molecule has 22 heavy (non-hydrogen) atoms. The van der Waals surface area contributed by atoms with Gasteiger partial charge in [0.2, 0.25) is 5.91 Å². The number of nitrogens with one attached hydrogen (secondary N) is 2. The van der Waals surface area contributed by atoms with Gasteiger partial charge in [-0.15, -0.1) is 0 Å². The summed E-state index contributed by atoms with van der Waals surface area (Å²) in [6, 6.07) is 12.6. The number of hydrogen-bond acceptors (Lipinski definition) is 2. The van der Waals surface area contributed by atoms with E-state index in [4.69, 9.17) is 0 Å². The molecule has 2 N–H and O–H groups in total. The lowest BCUT2D eigenvalue weighted by Gasteiger charge is -2.10. The SMILES string of the molecule is CCc1ccccc1NC(=O)CNC(=O)c1ccc(F)cc1. The van der Waals surface area contributed by atoms with Gasteiger partial charge in [0.1, 0.15) is 5.82 Å². The van der Waals surface area contributed by atoms with Crippen molar-refractivity contribution in [2.24, 2.45) is 0 Å². The second kappa shape index (κ2) is 7.36. The van der Waals surface area contributed by atoms with E-state index in [0.717, 1.165) is 17.7 Å². The zero-order chi connectivity index (χ0) is 15.9. The van der Waals surface area contributed by atoms with E-state index >= 15 is 0 Å². The van der Waals surface area contributed by atoms with Gasteiger partial charge in [-0.05, 0) is 42.3 Å². The molecule has 0 aliphatic rings. The van der Waals surface area contributed by atoms with Crippen LogP contribution >= 0.6 is 0 Å². The summed E-state index contributed by atoms with van der Waals surface area (Å²) in [5.41, 5.74) is 2.08. The monoisotopic (exact) mass is 300 g/mol. The summed E-state index contributed by atoms with van der Waals surface area (Å²) in [7, 11) is 0. The van der Waals surface area contributed by atoms with Crippen molar-refractivity contribution in [3.8, 4) is 0 Å². The fourth-order valence-electron chi connectivity index (χ4n) is 2.01. The summed E-state index contributed by atoms with van der Waals surface area (Å²) in [5.74, 6) is -1.14. The fourth-order valence-corrected chi connectivity index (χ4v) is 2.01. The Labute approximate surface area is 128 Å². The van der Waals surface area contributed by atoms with Crippen molar-refractivity contribution < 1.29 is 14.0 Å². The van der Waals surface area contributed by atoms with Gasteiger partial charge < -0.3 is 10.6 Å². The number of rotatable bonds is 5. The highest BCUT2D eigenvalue weighted by atomic mass is 19.1. The molecule has 0 saturated heterocycles. The molecule has 0 aliphatic carbocycles. The molecule has 2 aromatic carbocycles. The highest BCUT2D eigenvalue weighted by Gasteiger charge is 2.09. The van der Waals surface area contributed by atoms with Crippen molar-refractivity contribution in [1.82, 2.24) is 5.32 Å². The van der Waals surface area contributed by atoms with Gasteiger partial charge in [0, 0.05) is 11.3 Å². The van der Waals surface area contributed by atoms with Gasteiger partial charge in [-0.1, -0.05) is 25.1 Å². The summed E-state index contributed by atoms with van der Waals surface area (Å²) in [6.07, 6.45) is 0.804. The van der Waals surface area contributed by atoms with E-state index in [1.165, 1.54) is 24.3 Å². The number of benzene rings is 2. The van der Waals surface area contributed by atoms with Crippen LogP contribution in [0.15, 0.2) is 48.5 Å². The lowest BCUT2D eigenvalue weighted by atomic mass is 10.1. The van der Waals surface area contributed by atoms with E-state index in [9.17, 15) is 14.0 Å². The minimum atomic E-state index is -0.418. The summed E-state index contributed by atoms with van der Waals surface area (Å²) in [6.45, 7) is 1.86. The molecule has 0 unspecified atom stereocenters. The molecule has 4 nitrogen and oxygen atoms in total. The van der Waals surface area contributed by atoms with Gasteiger partial charge in [0.15, 0.2) is 0 Å². The average Bonchev–Trinajstić information content (AvgIpc) is 2.54. The molecule has 114 valence electrons. The molecule has 2 rings (SSSR count). The third-order valence-electron chi connectivity index (χ3n) is 3.19. The van der Waals surface area contributed by atoms with Gasteiger partial charge in [-0.3, -0.25) is 9.59 Å². The first-order valence-electron chi connectivity index (χ1n) is 7.01. The Kier molecular flexibility index (Phi) is 5.25. The Hall–Kier alpha value is -2.69. The van der Waals surface area contributed by atoms with Gasteiger partial charge in [0.05, 0.1) is 6.54 Å². The Balaban J connectivity index is 1.90. The van der Waals surface area contributed by atoms with Crippen molar-refractivity contribution in [3.63, 3.8) is 0 Å². The number of anilines is 1. The third-order valence-corrected chi connectivity index (χ3v) is 3.19. The molecule has 0 aliphatic heterocycles. The quantitative estimate of drug-likeness (QED) is 0.892. The van der Waals surface area contributed by atoms with Gasteiger partial charge in [-0.2, -0.15) is 0 Å². The second-order valence-electron chi connectivity index (χ2n) is 4.75. The molecule has 0 aromatic heterocycles. The number of amides is 2. The van der Waals surface area contributed by atoms with Gasteiger partial charge in [-0.25, -0.2) is 4.39 Å². The van der Waals surface area contributed by atoms with Crippen molar-refractivity contribution in [2.75, 3.05) is 11.9 Å². The van der Waals surface area contributed by atoms with Crippen LogP contribution in [0.4, 0.5) is 10.1 Å². The molecule has 2 aromatic rings. The molecule has 5 heteroatoms. The van der Waals surface area contributed by atoms with Crippen LogP contribution in [-0.4, -0.2) is 18.4 Å². The van der Waals surface area contributed by atoms with E-state index < -0.39 is 11.7 Å². The van der Waals surface area contributed by atoms with Crippen LogP contribution in [0.3, 0.4) is 0 Å². The first-order valence-corrected chi connectivity index (χ1v) is 7.01. The number of para-hydroxylation sites is 1. The van der Waals surface area contributed by atoms with Crippen molar-refractivity contribution in [2.45, 2.75) is 13.3 Å². The fraction of sp³-hybridized carbons (Fsp3) is 0.176. The van der Waals surface area contributed by atoms with Crippen LogP contribution in [-0.2, 0) is 11.2 Å². The maximum Gasteiger partial charge on any atom is 0.251 e. The van der Waals surface area contributed by atoms with E-state index in [-0.39, 0.29) is 12.5 Å². The van der Waals surface area contributed by atoms with E-state index in [2.05, 4.69) is 10.6 Å². The predicted octanol–water partition coefficient (Wildman–Crippen LogP) is 2.76. The minimum Gasteiger partial charge on any atom is -0.343 e. The largest absolute Gasteiger partial charge is 0.343 e. The van der Waals surface area contributed by atoms with Crippen molar-refractivity contribution in [1.29, 1.82) is 0 Å². The number of aryl methyl sites for hydroxylation is 1. The van der Waals surface area contributed by atoms with Crippen LogP contribution in [0.1, 0.15) is 22.8 Å². The Morgan fingerprint density at radius 3 is 2.41 bits per heavy atom. The Morgan fingerprint density at radius 2 is 1.73 bits per heavy atom. The molecule has 0 bridgehead atoms. The molecule has 2 amide bonds. The van der Waals surface area contributed by atoms with E-state index in [1.807, 2.05) is 31.2 Å². The number of carbonyl (C=O) groups is 2. The maximum absolute atomic E-state index is 12.8. The maximum atomic E-state index is 12.8. The summed E-state index contributed by atoms with van der Waals surface area (Å²) < 4.78 is 12.8. The Morgan fingerprint density at radius 1 is 1.05 bits per heavy atom. The zero-order valence-electron chi connectivity index (χ0n) is 12.2. The first kappa shape index (κ1) is 15.7. The van der Waals surface area contributed by atoms with Crippen LogP contribution in [0.5, 0.6) is 0 Å². The lowest BCUT2D eigenvalue weighted by molar-refractivity contribution is -0.115. The Bertz CT molecular complexity index is 669. The van der Waals surface area contributed by atoms with Crippen molar-refractivity contribution >= 4 is 17.5 Å². The highest BCUT2D eigenvalue weighted by molar-refractivity contribution is 5.99. The highest BCUT2D eigenvalue weighted by Crippen LogP contribution is 2.14. The number of hydrogen-bond donors (Lipinski definition) is 2. The van der Waals surface area contributed by atoms with Crippen LogP contribution in [0.2, 0.25) is 0 Å². The van der Waals surface area contributed by atoms with Gasteiger partial charge in [0.25, 0.3) is 5.91 Å². The van der Waals surface area contributed by atoms with Crippen molar-refractivity contribution in [3.05, 3.63) is 65.5 Å². The standard InChI is InChI=1S/C17H17FN2O2/c1-2-12-5-3-4-6-15(12)20-16(21)11-19-17(22)13-7-9-14(18)10-8-13/h3-10H,2,11H2,1H3,(H,19,22)(H,20,21). The van der Waals surface area contributed by atoms with Crippen LogP contribution in [0, 0.1) is 5.82 Å². The smallest absolute Gasteiger partial charge is 0.251 e. The molecule has 0 fully saturated rings. The molecular formula is C17H17FN2O2. The molecule has 0 radical (unpaired) electrons. The molecule has 0 spiro atoms. The number of carbonyl (C=O) groups excluding carboxylic acids is 2. The predicted molar refractivity (Wildman–Crippen MR) is 83.2 cm³/mol. The normalized spacial score (nSPS) is 10.1. The zero-order valence-corrected chi connectivity index (χ0v) is 12.2. The first-order chi connectivity index (χ1) is 10.6. The molecular weight excluding hydrogens is 283 g/mol. The lowest BCUT2D eigenvalue weighted by Crippen LogP contribution is -2.33. The van der Waals surface area contributed by atoms with E-state index in [0.29, 0.717) is 5.56 Å². The second-order valence-corrected chi connectivity index (χ2v) is 4.75. The van der Waals surface area contributed by atoms with Gasteiger partial charge >= 0.3 is 0 Å². The minimum absolute atomic E-state index is 0.145. The van der Waals surface area contributed by atoms with Crippen LogP contribution < -0.4 is 10.6 Å². The molecule has 0 heterocycles. The molecule has 0 saturated carbocycles. The summed E-state index contributed by atoms with van der Waals surface area (Å²) in [5, 5.41) is 5.27. The number of halogens is 1. The summed E-state index contributed by atoms with van der Waals surface area (Å²) in [4.78, 5) is 23.7.